The molecule has 1 aromatic heterocycles. The maximum absolute atomic E-state index is 12.3. The van der Waals surface area contributed by atoms with Gasteiger partial charge in [0, 0.05) is 12.1 Å². The number of hydrogen-bond donors (Lipinski definition) is 0. The molecular weight excluding hydrogens is 286 g/mol. The van der Waals surface area contributed by atoms with Gasteiger partial charge in [0.2, 0.25) is 0 Å². The lowest BCUT2D eigenvalue weighted by Crippen LogP contribution is -2.47. The SMILES string of the molecule is C[C@@H]1CCC[C@H](C)N1C(=O)c1ccc(Br)s1. The Hall–Kier alpha value is -0.350. The molecule has 1 aliphatic rings. The van der Waals surface area contributed by atoms with Gasteiger partial charge in [-0.25, -0.2) is 0 Å². The molecule has 0 unspecified atom stereocenters. The van der Waals surface area contributed by atoms with E-state index >= 15 is 0 Å². The molecular formula is C12H16BrNOS. The van der Waals surface area contributed by atoms with Crippen molar-refractivity contribution in [1.82, 2.24) is 4.90 Å². The Balaban J connectivity index is 2.19. The van der Waals surface area contributed by atoms with E-state index in [9.17, 15) is 4.79 Å². The van der Waals surface area contributed by atoms with E-state index in [4.69, 9.17) is 0 Å². The first-order valence-corrected chi connectivity index (χ1v) is 7.28. The van der Waals surface area contributed by atoms with E-state index in [-0.39, 0.29) is 5.91 Å². The van der Waals surface area contributed by atoms with Crippen LogP contribution < -0.4 is 0 Å². The molecule has 1 fully saturated rings. The number of hydrogen-bond acceptors (Lipinski definition) is 2. The second-order valence-electron chi connectivity index (χ2n) is 4.45. The minimum Gasteiger partial charge on any atom is -0.333 e. The van der Waals surface area contributed by atoms with Gasteiger partial charge in [0.1, 0.15) is 0 Å². The predicted octanol–water partition coefficient (Wildman–Crippen LogP) is 3.91. The Kier molecular flexibility index (Phi) is 3.70. The van der Waals surface area contributed by atoms with Crippen LogP contribution in [0.5, 0.6) is 0 Å². The Morgan fingerprint density at radius 3 is 2.50 bits per heavy atom. The highest BCUT2D eigenvalue weighted by Crippen LogP contribution is 2.28. The number of amides is 1. The van der Waals surface area contributed by atoms with Crippen LogP contribution in [-0.2, 0) is 0 Å². The van der Waals surface area contributed by atoms with Crippen molar-refractivity contribution in [2.75, 3.05) is 0 Å². The fourth-order valence-electron chi connectivity index (χ4n) is 2.38. The fraction of sp³-hybridized carbons (Fsp3) is 0.583. The normalized spacial score (nSPS) is 25.8. The zero-order chi connectivity index (χ0) is 11.7. The lowest BCUT2D eigenvalue weighted by Gasteiger charge is -2.38. The summed E-state index contributed by atoms with van der Waals surface area (Å²) in [4.78, 5) is 15.2. The van der Waals surface area contributed by atoms with Crippen molar-refractivity contribution in [2.24, 2.45) is 0 Å². The minimum atomic E-state index is 0.190. The maximum atomic E-state index is 12.3. The van der Waals surface area contributed by atoms with Gasteiger partial charge in [0.25, 0.3) is 5.91 Å². The summed E-state index contributed by atoms with van der Waals surface area (Å²) in [7, 11) is 0. The molecule has 1 aromatic rings. The second-order valence-corrected chi connectivity index (χ2v) is 6.91. The average Bonchev–Trinajstić information content (AvgIpc) is 2.64. The average molecular weight is 302 g/mol. The summed E-state index contributed by atoms with van der Waals surface area (Å²) in [5.41, 5.74) is 0. The van der Waals surface area contributed by atoms with Crippen molar-refractivity contribution >= 4 is 33.2 Å². The van der Waals surface area contributed by atoms with Crippen molar-refractivity contribution in [3.8, 4) is 0 Å². The zero-order valence-corrected chi connectivity index (χ0v) is 12.0. The van der Waals surface area contributed by atoms with Gasteiger partial charge in [0.15, 0.2) is 0 Å². The van der Waals surface area contributed by atoms with Gasteiger partial charge in [-0.3, -0.25) is 4.79 Å². The molecule has 4 heteroatoms. The van der Waals surface area contributed by atoms with E-state index in [0.29, 0.717) is 12.1 Å². The highest BCUT2D eigenvalue weighted by molar-refractivity contribution is 9.11. The second kappa shape index (κ2) is 4.88. The summed E-state index contributed by atoms with van der Waals surface area (Å²) < 4.78 is 1.02. The first kappa shape index (κ1) is 12.1. The molecule has 2 nitrogen and oxygen atoms in total. The lowest BCUT2D eigenvalue weighted by molar-refractivity contribution is 0.0516. The Bertz CT molecular complexity index is 380. The molecule has 0 aromatic carbocycles. The topological polar surface area (TPSA) is 20.3 Å². The van der Waals surface area contributed by atoms with Crippen molar-refractivity contribution < 1.29 is 4.79 Å². The summed E-state index contributed by atoms with van der Waals surface area (Å²) in [6.45, 7) is 4.30. The van der Waals surface area contributed by atoms with E-state index in [1.165, 1.54) is 17.8 Å². The molecule has 1 amide bonds. The molecule has 2 rings (SSSR count). The molecule has 0 saturated carbocycles. The summed E-state index contributed by atoms with van der Waals surface area (Å²) >= 11 is 4.92. The monoisotopic (exact) mass is 301 g/mol. The van der Waals surface area contributed by atoms with Gasteiger partial charge in [-0.1, -0.05) is 0 Å². The third-order valence-electron chi connectivity index (χ3n) is 3.21. The molecule has 1 aliphatic heterocycles. The summed E-state index contributed by atoms with van der Waals surface area (Å²) in [6.07, 6.45) is 3.49. The molecule has 0 spiro atoms. The lowest BCUT2D eigenvalue weighted by atomic mass is 9.97. The van der Waals surface area contributed by atoms with Crippen LogP contribution in [-0.4, -0.2) is 22.9 Å². The number of carbonyl (C=O) groups excluding carboxylic acids is 1. The Morgan fingerprint density at radius 1 is 1.38 bits per heavy atom. The largest absolute Gasteiger partial charge is 0.333 e. The van der Waals surface area contributed by atoms with Crippen LogP contribution in [0.25, 0.3) is 0 Å². The summed E-state index contributed by atoms with van der Waals surface area (Å²) in [5, 5.41) is 0. The molecule has 0 N–H and O–H groups in total. The molecule has 2 atom stereocenters. The summed E-state index contributed by atoms with van der Waals surface area (Å²) in [6, 6.07) is 4.59. The van der Waals surface area contributed by atoms with E-state index in [2.05, 4.69) is 29.8 Å². The van der Waals surface area contributed by atoms with Gasteiger partial charge in [-0.2, -0.15) is 0 Å². The van der Waals surface area contributed by atoms with E-state index in [0.717, 1.165) is 21.5 Å². The predicted molar refractivity (Wildman–Crippen MR) is 71.0 cm³/mol. The van der Waals surface area contributed by atoms with Gasteiger partial charge in [0.05, 0.1) is 8.66 Å². The number of nitrogens with zero attached hydrogens (tertiary/aromatic N) is 1. The fourth-order valence-corrected chi connectivity index (χ4v) is 3.71. The molecule has 0 aliphatic carbocycles. The molecule has 0 bridgehead atoms. The van der Waals surface area contributed by atoms with Crippen LogP contribution in [0.3, 0.4) is 0 Å². The van der Waals surface area contributed by atoms with Crippen LogP contribution in [0, 0.1) is 0 Å². The van der Waals surface area contributed by atoms with E-state index in [1.807, 2.05) is 17.0 Å². The number of carbonyl (C=O) groups is 1. The van der Waals surface area contributed by atoms with Crippen molar-refractivity contribution in [3.63, 3.8) is 0 Å². The van der Waals surface area contributed by atoms with E-state index < -0.39 is 0 Å². The highest BCUT2D eigenvalue weighted by atomic mass is 79.9. The number of rotatable bonds is 1. The summed E-state index contributed by atoms with van der Waals surface area (Å²) in [5.74, 6) is 0.190. The van der Waals surface area contributed by atoms with Crippen LogP contribution in [0.4, 0.5) is 0 Å². The van der Waals surface area contributed by atoms with Gasteiger partial charge in [-0.15, -0.1) is 11.3 Å². The van der Waals surface area contributed by atoms with Crippen LogP contribution >= 0.6 is 27.3 Å². The third-order valence-corrected chi connectivity index (χ3v) is 4.82. The van der Waals surface area contributed by atoms with Crippen LogP contribution in [0.15, 0.2) is 15.9 Å². The van der Waals surface area contributed by atoms with Crippen molar-refractivity contribution in [2.45, 2.75) is 45.2 Å². The Morgan fingerprint density at radius 2 is 2.00 bits per heavy atom. The first-order valence-electron chi connectivity index (χ1n) is 5.67. The number of thiophene rings is 1. The molecule has 2 heterocycles. The van der Waals surface area contributed by atoms with Crippen molar-refractivity contribution in [1.29, 1.82) is 0 Å². The van der Waals surface area contributed by atoms with Gasteiger partial charge >= 0.3 is 0 Å². The number of piperidine rings is 1. The van der Waals surface area contributed by atoms with Crippen molar-refractivity contribution in [3.05, 3.63) is 20.8 Å². The van der Waals surface area contributed by atoms with Gasteiger partial charge in [-0.05, 0) is 61.2 Å². The maximum Gasteiger partial charge on any atom is 0.264 e. The number of halogens is 1. The van der Waals surface area contributed by atoms with Crippen LogP contribution in [0.1, 0.15) is 42.8 Å². The zero-order valence-electron chi connectivity index (χ0n) is 9.57. The molecule has 1 saturated heterocycles. The standard InChI is InChI=1S/C12H16BrNOS/c1-8-4-3-5-9(2)14(8)12(15)10-6-7-11(13)16-10/h6-9H,3-5H2,1-2H3/t8-,9+. The highest BCUT2D eigenvalue weighted by Gasteiger charge is 2.30. The van der Waals surface area contributed by atoms with E-state index in [1.54, 1.807) is 0 Å². The van der Waals surface area contributed by atoms with Gasteiger partial charge < -0.3 is 4.90 Å². The third kappa shape index (κ3) is 2.33. The smallest absolute Gasteiger partial charge is 0.264 e. The molecule has 88 valence electrons. The molecule has 16 heavy (non-hydrogen) atoms. The number of likely N-dealkylation sites (tertiary alicyclic amines) is 1. The molecule has 0 radical (unpaired) electrons. The minimum absolute atomic E-state index is 0.190. The quantitative estimate of drug-likeness (QED) is 0.770. The van der Waals surface area contributed by atoms with Crippen LogP contribution in [0.2, 0.25) is 0 Å². The Labute approximate surface area is 109 Å². The first-order chi connectivity index (χ1) is 7.59.